The SMILES string of the molecule is NCC1CCc2ccc(Cl)cc2C1c1ccccc1. The molecule has 1 aliphatic carbocycles. The van der Waals surface area contributed by atoms with Crippen LogP contribution in [-0.2, 0) is 6.42 Å². The topological polar surface area (TPSA) is 26.0 Å². The Hall–Kier alpha value is -1.31. The highest BCUT2D eigenvalue weighted by molar-refractivity contribution is 6.30. The summed E-state index contributed by atoms with van der Waals surface area (Å²) in [5, 5.41) is 0.817. The predicted octanol–water partition coefficient (Wildman–Crippen LogP) is 3.99. The smallest absolute Gasteiger partial charge is 0.0409 e. The maximum absolute atomic E-state index is 6.19. The second-order valence-corrected chi connectivity index (χ2v) is 5.70. The molecule has 0 fully saturated rings. The molecule has 0 amide bonds. The van der Waals surface area contributed by atoms with Gasteiger partial charge in [0.2, 0.25) is 0 Å². The van der Waals surface area contributed by atoms with Crippen LogP contribution < -0.4 is 5.73 Å². The van der Waals surface area contributed by atoms with E-state index in [9.17, 15) is 0 Å². The van der Waals surface area contributed by atoms with E-state index in [0.717, 1.165) is 24.4 Å². The van der Waals surface area contributed by atoms with Crippen molar-refractivity contribution >= 4 is 11.6 Å². The number of fused-ring (bicyclic) bond motifs is 1. The van der Waals surface area contributed by atoms with E-state index in [1.165, 1.54) is 16.7 Å². The Morgan fingerprint density at radius 1 is 1.11 bits per heavy atom. The Labute approximate surface area is 119 Å². The van der Waals surface area contributed by atoms with Gasteiger partial charge in [0.15, 0.2) is 0 Å². The first kappa shape index (κ1) is 12.7. The normalized spacial score (nSPS) is 22.0. The van der Waals surface area contributed by atoms with Crippen molar-refractivity contribution in [2.75, 3.05) is 6.54 Å². The molecule has 0 saturated heterocycles. The van der Waals surface area contributed by atoms with E-state index < -0.39 is 0 Å². The van der Waals surface area contributed by atoms with Gasteiger partial charge in [0.1, 0.15) is 0 Å². The highest BCUT2D eigenvalue weighted by Gasteiger charge is 2.29. The summed E-state index contributed by atoms with van der Waals surface area (Å²) >= 11 is 6.19. The molecule has 2 unspecified atom stereocenters. The van der Waals surface area contributed by atoms with Gasteiger partial charge in [-0.3, -0.25) is 0 Å². The zero-order valence-corrected chi connectivity index (χ0v) is 11.6. The van der Waals surface area contributed by atoms with Crippen LogP contribution in [0, 0.1) is 5.92 Å². The van der Waals surface area contributed by atoms with Gasteiger partial charge in [-0.25, -0.2) is 0 Å². The van der Waals surface area contributed by atoms with Gasteiger partial charge in [0.25, 0.3) is 0 Å². The largest absolute Gasteiger partial charge is 0.330 e. The second-order valence-electron chi connectivity index (χ2n) is 5.27. The standard InChI is InChI=1S/C17H18ClN/c18-15-9-8-12-6-7-14(11-19)17(16(12)10-15)13-4-2-1-3-5-13/h1-5,8-10,14,17H,6-7,11,19H2. The quantitative estimate of drug-likeness (QED) is 0.878. The van der Waals surface area contributed by atoms with Crippen molar-refractivity contribution in [3.63, 3.8) is 0 Å². The molecule has 1 aliphatic rings. The van der Waals surface area contributed by atoms with Gasteiger partial charge in [0, 0.05) is 10.9 Å². The van der Waals surface area contributed by atoms with Crippen LogP contribution in [0.4, 0.5) is 0 Å². The highest BCUT2D eigenvalue weighted by Crippen LogP contribution is 2.41. The third-order valence-electron chi connectivity index (χ3n) is 4.16. The number of halogens is 1. The summed E-state index contributed by atoms with van der Waals surface area (Å²) in [6.45, 7) is 0.728. The molecule has 0 aliphatic heterocycles. The maximum atomic E-state index is 6.19. The van der Waals surface area contributed by atoms with E-state index in [1.807, 2.05) is 6.07 Å². The molecule has 2 atom stereocenters. The molecule has 0 saturated carbocycles. The molecule has 98 valence electrons. The van der Waals surface area contributed by atoms with E-state index in [1.54, 1.807) is 0 Å². The highest BCUT2D eigenvalue weighted by atomic mass is 35.5. The van der Waals surface area contributed by atoms with Gasteiger partial charge in [-0.1, -0.05) is 48.0 Å². The number of hydrogen-bond acceptors (Lipinski definition) is 1. The zero-order chi connectivity index (χ0) is 13.2. The average Bonchev–Trinajstić information content (AvgIpc) is 2.46. The van der Waals surface area contributed by atoms with Crippen molar-refractivity contribution in [2.45, 2.75) is 18.8 Å². The number of benzene rings is 2. The molecule has 0 spiro atoms. The lowest BCUT2D eigenvalue weighted by Gasteiger charge is -2.33. The first-order valence-electron chi connectivity index (χ1n) is 6.83. The summed E-state index contributed by atoms with van der Waals surface area (Å²) < 4.78 is 0. The first-order valence-corrected chi connectivity index (χ1v) is 7.20. The number of aryl methyl sites for hydroxylation is 1. The lowest BCUT2D eigenvalue weighted by molar-refractivity contribution is 0.419. The minimum absolute atomic E-state index is 0.383. The molecule has 2 N–H and O–H groups in total. The van der Waals surface area contributed by atoms with Crippen LogP contribution in [0.25, 0.3) is 0 Å². The van der Waals surface area contributed by atoms with Crippen LogP contribution in [-0.4, -0.2) is 6.54 Å². The molecule has 2 aromatic rings. The summed E-state index contributed by atoms with van der Waals surface area (Å²) in [5.74, 6) is 0.891. The van der Waals surface area contributed by atoms with Gasteiger partial charge in [-0.2, -0.15) is 0 Å². The molecule has 1 nitrogen and oxygen atoms in total. The lowest BCUT2D eigenvalue weighted by atomic mass is 9.72. The van der Waals surface area contributed by atoms with Gasteiger partial charge in [-0.05, 0) is 54.1 Å². The van der Waals surface area contributed by atoms with Crippen LogP contribution in [0.5, 0.6) is 0 Å². The first-order chi connectivity index (χ1) is 9.29. The van der Waals surface area contributed by atoms with Crippen LogP contribution in [0.1, 0.15) is 29.0 Å². The summed E-state index contributed by atoms with van der Waals surface area (Å²) in [6, 6.07) is 16.9. The molecule has 2 aromatic carbocycles. The average molecular weight is 272 g/mol. The molecular weight excluding hydrogens is 254 g/mol. The minimum Gasteiger partial charge on any atom is -0.330 e. The van der Waals surface area contributed by atoms with E-state index in [0.29, 0.717) is 11.8 Å². The predicted molar refractivity (Wildman–Crippen MR) is 80.6 cm³/mol. The van der Waals surface area contributed by atoms with Crippen molar-refractivity contribution in [3.8, 4) is 0 Å². The zero-order valence-electron chi connectivity index (χ0n) is 10.9. The molecule has 3 rings (SSSR count). The Morgan fingerprint density at radius 3 is 2.63 bits per heavy atom. The van der Waals surface area contributed by atoms with Crippen LogP contribution in [0.2, 0.25) is 5.02 Å². The molecule has 0 radical (unpaired) electrons. The fourth-order valence-corrected chi connectivity index (χ4v) is 3.39. The van der Waals surface area contributed by atoms with E-state index in [4.69, 9.17) is 17.3 Å². The summed E-state index contributed by atoms with van der Waals surface area (Å²) in [5.41, 5.74) is 10.1. The molecule has 2 heteroatoms. The molecule has 0 aromatic heterocycles. The van der Waals surface area contributed by atoms with Gasteiger partial charge in [-0.15, -0.1) is 0 Å². The van der Waals surface area contributed by atoms with Crippen LogP contribution in [0.15, 0.2) is 48.5 Å². The van der Waals surface area contributed by atoms with E-state index in [2.05, 4.69) is 42.5 Å². The number of hydrogen-bond donors (Lipinski definition) is 1. The Bertz CT molecular complexity index is 565. The van der Waals surface area contributed by atoms with Gasteiger partial charge < -0.3 is 5.73 Å². The summed E-state index contributed by atoms with van der Waals surface area (Å²) in [6.07, 6.45) is 2.27. The summed E-state index contributed by atoms with van der Waals surface area (Å²) in [7, 11) is 0. The van der Waals surface area contributed by atoms with Crippen molar-refractivity contribution in [2.24, 2.45) is 11.7 Å². The van der Waals surface area contributed by atoms with Crippen LogP contribution >= 0.6 is 11.6 Å². The third kappa shape index (κ3) is 2.41. The van der Waals surface area contributed by atoms with Crippen LogP contribution in [0.3, 0.4) is 0 Å². The number of rotatable bonds is 2. The molecule has 19 heavy (non-hydrogen) atoms. The molecule has 0 bridgehead atoms. The minimum atomic E-state index is 0.383. The Morgan fingerprint density at radius 2 is 1.89 bits per heavy atom. The fourth-order valence-electron chi connectivity index (χ4n) is 3.21. The van der Waals surface area contributed by atoms with Crippen molar-refractivity contribution in [1.29, 1.82) is 0 Å². The fraction of sp³-hybridized carbons (Fsp3) is 0.294. The second kappa shape index (κ2) is 5.36. The number of nitrogens with two attached hydrogens (primary N) is 1. The third-order valence-corrected chi connectivity index (χ3v) is 4.40. The maximum Gasteiger partial charge on any atom is 0.0409 e. The Kier molecular flexibility index (Phi) is 3.58. The van der Waals surface area contributed by atoms with E-state index >= 15 is 0 Å². The van der Waals surface area contributed by atoms with E-state index in [-0.39, 0.29) is 0 Å². The van der Waals surface area contributed by atoms with Crippen molar-refractivity contribution in [1.82, 2.24) is 0 Å². The van der Waals surface area contributed by atoms with Crippen molar-refractivity contribution < 1.29 is 0 Å². The molecular formula is C17H18ClN. The van der Waals surface area contributed by atoms with Gasteiger partial charge in [0.05, 0.1) is 0 Å². The molecule has 0 heterocycles. The van der Waals surface area contributed by atoms with Crippen molar-refractivity contribution in [3.05, 3.63) is 70.2 Å². The Balaban J connectivity index is 2.12. The lowest BCUT2D eigenvalue weighted by Crippen LogP contribution is -2.28. The monoisotopic (exact) mass is 271 g/mol. The van der Waals surface area contributed by atoms with Gasteiger partial charge >= 0.3 is 0 Å². The summed E-state index contributed by atoms with van der Waals surface area (Å²) in [4.78, 5) is 0.